The molecule has 5 rings (SSSR count). The number of nitrogens with one attached hydrogen (secondary N) is 1. The number of anilines is 1. The lowest BCUT2D eigenvalue weighted by Crippen LogP contribution is -2.40. The molecule has 1 atom stereocenters. The molecule has 1 saturated heterocycles. The van der Waals surface area contributed by atoms with Gasteiger partial charge in [0.15, 0.2) is 11.5 Å². The second kappa shape index (κ2) is 8.66. The number of benzene rings is 2. The molecule has 0 saturated carbocycles. The average Bonchev–Trinajstić information content (AvgIpc) is 3.25. The first-order chi connectivity index (χ1) is 16.3. The quantitative estimate of drug-likeness (QED) is 0.614. The van der Waals surface area contributed by atoms with Crippen molar-refractivity contribution in [1.29, 1.82) is 0 Å². The Kier molecular flexibility index (Phi) is 5.67. The molecule has 3 heterocycles. The highest BCUT2D eigenvalue weighted by Gasteiger charge is 2.28. The van der Waals surface area contributed by atoms with E-state index in [9.17, 15) is 4.79 Å². The normalized spacial score (nSPS) is 17.6. The molecule has 2 aliphatic rings. The zero-order valence-corrected chi connectivity index (χ0v) is 20.1. The molecule has 0 spiro atoms. The van der Waals surface area contributed by atoms with E-state index in [-0.39, 0.29) is 12.1 Å². The number of rotatable bonds is 3. The van der Waals surface area contributed by atoms with E-state index >= 15 is 0 Å². The summed E-state index contributed by atoms with van der Waals surface area (Å²) in [6.45, 7) is 10.1. The van der Waals surface area contributed by atoms with Gasteiger partial charge in [-0.15, -0.1) is 0 Å². The number of amides is 1. The smallest absolute Gasteiger partial charge is 0.407 e. The van der Waals surface area contributed by atoms with Crippen molar-refractivity contribution in [2.45, 2.75) is 45.8 Å². The largest absolute Gasteiger partial charge is 0.486 e. The molecular formula is C26H30N4O4. The molecule has 34 heavy (non-hydrogen) atoms. The Hall–Kier alpha value is -3.55. The van der Waals surface area contributed by atoms with Crippen molar-refractivity contribution in [3.8, 4) is 22.6 Å². The van der Waals surface area contributed by atoms with Crippen molar-refractivity contribution in [2.75, 3.05) is 31.2 Å². The minimum Gasteiger partial charge on any atom is -0.486 e. The van der Waals surface area contributed by atoms with Crippen LogP contribution in [-0.4, -0.2) is 54.0 Å². The van der Waals surface area contributed by atoms with Gasteiger partial charge < -0.3 is 24.4 Å². The van der Waals surface area contributed by atoms with Crippen LogP contribution in [0.25, 0.3) is 22.0 Å². The van der Waals surface area contributed by atoms with Crippen molar-refractivity contribution in [3.63, 3.8) is 0 Å². The Balaban J connectivity index is 1.36. The van der Waals surface area contributed by atoms with Crippen LogP contribution in [-0.2, 0) is 4.74 Å². The fourth-order valence-corrected chi connectivity index (χ4v) is 4.41. The molecule has 1 amide bonds. The molecule has 3 aromatic rings. The highest BCUT2D eigenvalue weighted by Crippen LogP contribution is 2.40. The lowest BCUT2D eigenvalue weighted by molar-refractivity contribution is 0.0509. The van der Waals surface area contributed by atoms with Crippen LogP contribution in [0.1, 0.15) is 32.9 Å². The zero-order valence-electron chi connectivity index (χ0n) is 20.1. The second-order valence-corrected chi connectivity index (χ2v) is 9.75. The third kappa shape index (κ3) is 4.58. The van der Waals surface area contributed by atoms with Gasteiger partial charge >= 0.3 is 6.09 Å². The zero-order chi connectivity index (χ0) is 23.9. The summed E-state index contributed by atoms with van der Waals surface area (Å²) < 4.78 is 17.0. The number of alkyl carbamates (subject to hydrolysis) is 1. The van der Waals surface area contributed by atoms with Gasteiger partial charge in [-0.2, -0.15) is 0 Å². The first-order valence-electron chi connectivity index (χ1n) is 11.7. The van der Waals surface area contributed by atoms with Gasteiger partial charge in [0.2, 0.25) is 5.95 Å². The number of carbonyl (C=O) groups is 1. The number of aromatic nitrogens is 2. The van der Waals surface area contributed by atoms with Crippen molar-refractivity contribution in [2.24, 2.45) is 0 Å². The summed E-state index contributed by atoms with van der Waals surface area (Å²) in [5, 5.41) is 3.96. The van der Waals surface area contributed by atoms with Crippen LogP contribution in [0.3, 0.4) is 0 Å². The summed E-state index contributed by atoms with van der Waals surface area (Å²) in [7, 11) is 0. The summed E-state index contributed by atoms with van der Waals surface area (Å²) in [6.07, 6.45) is 0.430. The number of para-hydroxylation sites is 1. The maximum absolute atomic E-state index is 12.1. The van der Waals surface area contributed by atoms with E-state index in [0.29, 0.717) is 25.7 Å². The van der Waals surface area contributed by atoms with Gasteiger partial charge in [-0.3, -0.25) is 0 Å². The van der Waals surface area contributed by atoms with Crippen molar-refractivity contribution in [1.82, 2.24) is 15.3 Å². The first-order valence-corrected chi connectivity index (χ1v) is 11.7. The van der Waals surface area contributed by atoms with E-state index in [4.69, 9.17) is 24.2 Å². The summed E-state index contributed by atoms with van der Waals surface area (Å²) >= 11 is 0. The van der Waals surface area contributed by atoms with Crippen LogP contribution in [0.5, 0.6) is 11.5 Å². The molecule has 178 valence electrons. The lowest BCUT2D eigenvalue weighted by Gasteiger charge is -2.22. The lowest BCUT2D eigenvalue weighted by atomic mass is 10.0. The fourth-order valence-electron chi connectivity index (χ4n) is 4.41. The van der Waals surface area contributed by atoms with Crippen LogP contribution in [0.4, 0.5) is 10.7 Å². The van der Waals surface area contributed by atoms with Crippen LogP contribution in [0.15, 0.2) is 36.4 Å². The first kappa shape index (κ1) is 22.3. The number of nitrogens with zero attached hydrogens (tertiary/aromatic N) is 3. The third-order valence-corrected chi connectivity index (χ3v) is 5.94. The molecule has 1 unspecified atom stereocenters. The Morgan fingerprint density at radius 1 is 1.15 bits per heavy atom. The van der Waals surface area contributed by atoms with E-state index in [1.165, 1.54) is 0 Å². The topological polar surface area (TPSA) is 85.8 Å². The Labute approximate surface area is 199 Å². The fraction of sp³-hybridized carbons (Fsp3) is 0.423. The average molecular weight is 463 g/mol. The molecule has 0 aliphatic carbocycles. The minimum atomic E-state index is -0.516. The number of ether oxygens (including phenoxy) is 3. The number of aryl methyl sites for hydroxylation is 1. The molecular weight excluding hydrogens is 432 g/mol. The van der Waals surface area contributed by atoms with Gasteiger partial charge in [-0.25, -0.2) is 14.8 Å². The molecule has 1 aromatic heterocycles. The van der Waals surface area contributed by atoms with Crippen LogP contribution >= 0.6 is 0 Å². The highest BCUT2D eigenvalue weighted by molar-refractivity contribution is 5.88. The molecule has 0 radical (unpaired) electrons. The van der Waals surface area contributed by atoms with E-state index in [2.05, 4.69) is 22.3 Å². The van der Waals surface area contributed by atoms with Crippen molar-refractivity contribution < 1.29 is 19.0 Å². The Bertz CT molecular complexity index is 1240. The maximum atomic E-state index is 12.1. The second-order valence-electron chi connectivity index (χ2n) is 9.75. The van der Waals surface area contributed by atoms with Gasteiger partial charge in [-0.05, 0) is 57.9 Å². The number of fused-ring (bicyclic) bond motifs is 2. The summed E-state index contributed by atoms with van der Waals surface area (Å²) in [6, 6.07) is 12.2. The van der Waals surface area contributed by atoms with Gasteiger partial charge in [-0.1, -0.05) is 18.2 Å². The summed E-state index contributed by atoms with van der Waals surface area (Å²) in [4.78, 5) is 23.9. The molecule has 8 nitrogen and oxygen atoms in total. The van der Waals surface area contributed by atoms with Crippen molar-refractivity contribution >= 4 is 22.9 Å². The third-order valence-electron chi connectivity index (χ3n) is 5.94. The van der Waals surface area contributed by atoms with Crippen LogP contribution in [0, 0.1) is 6.92 Å². The van der Waals surface area contributed by atoms with Gasteiger partial charge in [0.1, 0.15) is 18.8 Å². The predicted octanol–water partition coefficient (Wildman–Crippen LogP) is 4.48. The standard InChI is InChI=1S/C26H30N4O4/c1-16-20-14-17(19-6-5-7-22-23(19)33-13-12-32-22)8-9-21(20)29-24(27-16)30-11-10-18(15-30)28-25(31)34-26(2,3)4/h5-9,14,18H,10-13,15H2,1-4H3,(H,28,31). The number of hydrogen-bond acceptors (Lipinski definition) is 7. The molecule has 2 aromatic carbocycles. The maximum Gasteiger partial charge on any atom is 0.407 e. The predicted molar refractivity (Wildman–Crippen MR) is 131 cm³/mol. The van der Waals surface area contributed by atoms with Crippen LogP contribution in [0.2, 0.25) is 0 Å². The summed E-state index contributed by atoms with van der Waals surface area (Å²) in [5.41, 5.74) is 3.32. The summed E-state index contributed by atoms with van der Waals surface area (Å²) in [5.74, 6) is 2.24. The Morgan fingerprint density at radius 2 is 1.97 bits per heavy atom. The molecule has 8 heteroatoms. The molecule has 2 aliphatic heterocycles. The van der Waals surface area contributed by atoms with Gasteiger partial charge in [0, 0.05) is 24.0 Å². The van der Waals surface area contributed by atoms with E-state index < -0.39 is 5.60 Å². The highest BCUT2D eigenvalue weighted by atomic mass is 16.6. The van der Waals surface area contributed by atoms with E-state index in [1.807, 2.05) is 52.0 Å². The van der Waals surface area contributed by atoms with Gasteiger partial charge in [0.25, 0.3) is 0 Å². The monoisotopic (exact) mass is 462 g/mol. The van der Waals surface area contributed by atoms with Crippen molar-refractivity contribution in [3.05, 3.63) is 42.1 Å². The van der Waals surface area contributed by atoms with E-state index in [1.54, 1.807) is 0 Å². The molecule has 1 N–H and O–H groups in total. The Morgan fingerprint density at radius 3 is 2.79 bits per heavy atom. The molecule has 1 fully saturated rings. The van der Waals surface area contributed by atoms with E-state index in [0.717, 1.165) is 52.2 Å². The number of hydrogen-bond donors (Lipinski definition) is 1. The SMILES string of the molecule is Cc1nc(N2CCC(NC(=O)OC(C)(C)C)C2)nc2ccc(-c3cccc4c3OCCO4)cc12. The number of carbonyl (C=O) groups excluding carboxylic acids is 1. The minimum absolute atomic E-state index is 0.00306. The van der Waals surface area contributed by atoms with Gasteiger partial charge in [0.05, 0.1) is 17.3 Å². The van der Waals surface area contributed by atoms with Crippen LogP contribution < -0.4 is 19.7 Å². The molecule has 0 bridgehead atoms.